The Morgan fingerprint density at radius 1 is 1.10 bits per heavy atom. The lowest BCUT2D eigenvalue weighted by atomic mass is 10.0. The van der Waals surface area contributed by atoms with Crippen LogP contribution in [0.4, 0.5) is 0 Å². The predicted molar refractivity (Wildman–Crippen MR) is 78.9 cm³/mol. The number of fused-ring (bicyclic) bond motifs is 1. The van der Waals surface area contributed by atoms with E-state index in [1.807, 2.05) is 24.3 Å². The highest BCUT2D eigenvalue weighted by molar-refractivity contribution is 6.34. The molecular weight excluding hydrogens is 274 g/mol. The van der Waals surface area contributed by atoms with Gasteiger partial charge < -0.3 is 4.74 Å². The molecule has 2 aromatic rings. The molecule has 0 aliphatic carbocycles. The van der Waals surface area contributed by atoms with Gasteiger partial charge in [0.1, 0.15) is 5.75 Å². The van der Waals surface area contributed by atoms with E-state index in [2.05, 4.69) is 4.99 Å². The molecule has 0 N–H and O–H groups in total. The van der Waals surface area contributed by atoms with Crippen molar-refractivity contribution in [3.8, 4) is 5.75 Å². The molecule has 0 bridgehead atoms. The summed E-state index contributed by atoms with van der Waals surface area (Å²) >= 11 is 6.02. The zero-order chi connectivity index (χ0) is 13.9. The van der Waals surface area contributed by atoms with Crippen LogP contribution in [0.15, 0.2) is 53.5 Å². The number of halogens is 1. The largest absolute Gasteiger partial charge is 0.492 e. The third-order valence-electron chi connectivity index (χ3n) is 3.14. The standard InChI is InChI=1S/C16H12ClNO2/c17-13-7-3-1-5-11(13)16(19)18-14-9-10-20-15-8-4-2-6-12(14)15/h1-8H,9-10H2. The molecule has 0 saturated carbocycles. The van der Waals surface area contributed by atoms with Crippen molar-refractivity contribution in [3.05, 3.63) is 64.7 Å². The fraction of sp³-hybridized carbons (Fsp3) is 0.125. The number of rotatable bonds is 1. The molecule has 3 rings (SSSR count). The molecule has 2 aromatic carbocycles. The van der Waals surface area contributed by atoms with Gasteiger partial charge in [-0.2, -0.15) is 0 Å². The highest BCUT2D eigenvalue weighted by Gasteiger charge is 2.18. The number of hydrogen-bond donors (Lipinski definition) is 0. The van der Waals surface area contributed by atoms with Gasteiger partial charge in [0.15, 0.2) is 0 Å². The second-order valence-electron chi connectivity index (χ2n) is 4.44. The van der Waals surface area contributed by atoms with Crippen molar-refractivity contribution in [1.82, 2.24) is 0 Å². The van der Waals surface area contributed by atoms with Crippen molar-refractivity contribution in [2.75, 3.05) is 6.61 Å². The number of para-hydroxylation sites is 1. The molecule has 20 heavy (non-hydrogen) atoms. The molecule has 0 aromatic heterocycles. The number of amides is 1. The van der Waals surface area contributed by atoms with Gasteiger partial charge in [0.2, 0.25) is 0 Å². The van der Waals surface area contributed by atoms with Crippen LogP contribution in [-0.4, -0.2) is 18.2 Å². The first-order chi connectivity index (χ1) is 9.75. The molecular formula is C16H12ClNO2. The first-order valence-corrected chi connectivity index (χ1v) is 6.72. The van der Waals surface area contributed by atoms with Crippen LogP contribution in [0.1, 0.15) is 22.3 Å². The van der Waals surface area contributed by atoms with Gasteiger partial charge in [0, 0.05) is 12.0 Å². The van der Waals surface area contributed by atoms with Crippen molar-refractivity contribution < 1.29 is 9.53 Å². The summed E-state index contributed by atoms with van der Waals surface area (Å²) in [6.07, 6.45) is 0.618. The Balaban J connectivity index is 1.98. The Labute approximate surface area is 121 Å². The molecule has 4 heteroatoms. The fourth-order valence-corrected chi connectivity index (χ4v) is 2.37. The van der Waals surface area contributed by atoms with Crippen molar-refractivity contribution in [3.63, 3.8) is 0 Å². The number of aliphatic imine (C=N–C) groups is 1. The van der Waals surface area contributed by atoms with Crippen molar-refractivity contribution in [2.24, 2.45) is 4.99 Å². The van der Waals surface area contributed by atoms with E-state index < -0.39 is 0 Å². The summed E-state index contributed by atoms with van der Waals surface area (Å²) in [4.78, 5) is 16.5. The molecule has 1 heterocycles. The average molecular weight is 286 g/mol. The second kappa shape index (κ2) is 5.47. The first-order valence-electron chi connectivity index (χ1n) is 6.34. The number of hydrogen-bond acceptors (Lipinski definition) is 2. The molecule has 3 nitrogen and oxygen atoms in total. The maximum absolute atomic E-state index is 12.2. The molecule has 0 fully saturated rings. The minimum absolute atomic E-state index is 0.317. The van der Waals surface area contributed by atoms with Crippen molar-refractivity contribution in [1.29, 1.82) is 0 Å². The van der Waals surface area contributed by atoms with Crippen LogP contribution in [-0.2, 0) is 0 Å². The molecule has 0 spiro atoms. The number of carbonyl (C=O) groups excluding carboxylic acids is 1. The van der Waals surface area contributed by atoms with Crippen LogP contribution < -0.4 is 4.74 Å². The Morgan fingerprint density at radius 3 is 2.70 bits per heavy atom. The van der Waals surface area contributed by atoms with Gasteiger partial charge in [-0.05, 0) is 24.3 Å². The number of nitrogens with zero attached hydrogens (tertiary/aromatic N) is 1. The molecule has 1 amide bonds. The highest BCUT2D eigenvalue weighted by atomic mass is 35.5. The highest BCUT2D eigenvalue weighted by Crippen LogP contribution is 2.25. The van der Waals surface area contributed by atoms with Crippen LogP contribution >= 0.6 is 11.6 Å². The first kappa shape index (κ1) is 12.9. The average Bonchev–Trinajstić information content (AvgIpc) is 2.48. The zero-order valence-electron chi connectivity index (χ0n) is 10.7. The summed E-state index contributed by atoms with van der Waals surface area (Å²) in [5.74, 6) is 0.451. The molecule has 0 saturated heterocycles. The maximum Gasteiger partial charge on any atom is 0.278 e. The van der Waals surface area contributed by atoms with E-state index in [0.717, 1.165) is 17.0 Å². The zero-order valence-corrected chi connectivity index (χ0v) is 11.4. The van der Waals surface area contributed by atoms with Crippen LogP contribution in [0.3, 0.4) is 0 Å². The Kier molecular flexibility index (Phi) is 3.52. The SMILES string of the molecule is O=C(N=C1CCOc2ccccc21)c1ccccc1Cl. The maximum atomic E-state index is 12.2. The second-order valence-corrected chi connectivity index (χ2v) is 4.85. The topological polar surface area (TPSA) is 38.7 Å². The van der Waals surface area contributed by atoms with E-state index in [-0.39, 0.29) is 5.91 Å². The van der Waals surface area contributed by atoms with Gasteiger partial charge in [-0.15, -0.1) is 0 Å². The minimum Gasteiger partial charge on any atom is -0.492 e. The number of benzene rings is 2. The molecule has 1 aliphatic rings. The summed E-state index contributed by atoms with van der Waals surface area (Å²) in [6, 6.07) is 14.5. The quantitative estimate of drug-likeness (QED) is 0.800. The Hall–Kier alpha value is -2.13. The molecule has 0 atom stereocenters. The lowest BCUT2D eigenvalue weighted by Gasteiger charge is -2.18. The fourth-order valence-electron chi connectivity index (χ4n) is 2.16. The minimum atomic E-state index is -0.317. The summed E-state index contributed by atoms with van der Waals surface area (Å²) < 4.78 is 5.55. The van der Waals surface area contributed by atoms with Gasteiger partial charge in [-0.25, -0.2) is 4.99 Å². The third kappa shape index (κ3) is 2.45. The lowest BCUT2D eigenvalue weighted by Crippen LogP contribution is -2.17. The molecule has 100 valence electrons. The normalized spacial score (nSPS) is 15.6. The van der Waals surface area contributed by atoms with E-state index in [4.69, 9.17) is 16.3 Å². The Morgan fingerprint density at radius 2 is 1.85 bits per heavy atom. The summed E-state index contributed by atoms with van der Waals surface area (Å²) in [5, 5.41) is 0.419. The number of carbonyl (C=O) groups is 1. The van der Waals surface area contributed by atoms with E-state index in [0.29, 0.717) is 23.6 Å². The van der Waals surface area contributed by atoms with Gasteiger partial charge in [-0.1, -0.05) is 35.9 Å². The summed E-state index contributed by atoms with van der Waals surface area (Å²) in [6.45, 7) is 0.533. The summed E-state index contributed by atoms with van der Waals surface area (Å²) in [7, 11) is 0. The molecule has 0 radical (unpaired) electrons. The third-order valence-corrected chi connectivity index (χ3v) is 3.46. The predicted octanol–water partition coefficient (Wildman–Crippen LogP) is 3.75. The van der Waals surface area contributed by atoms with E-state index in [1.54, 1.807) is 24.3 Å². The van der Waals surface area contributed by atoms with E-state index in [1.165, 1.54) is 0 Å². The van der Waals surface area contributed by atoms with E-state index in [9.17, 15) is 4.79 Å². The van der Waals surface area contributed by atoms with Gasteiger partial charge in [0.05, 0.1) is 22.9 Å². The van der Waals surface area contributed by atoms with Crippen LogP contribution in [0, 0.1) is 0 Å². The van der Waals surface area contributed by atoms with Gasteiger partial charge >= 0.3 is 0 Å². The van der Waals surface area contributed by atoms with Crippen molar-refractivity contribution >= 4 is 23.2 Å². The Bertz CT molecular complexity index is 694. The smallest absolute Gasteiger partial charge is 0.278 e. The monoisotopic (exact) mass is 285 g/mol. The molecule has 1 aliphatic heterocycles. The van der Waals surface area contributed by atoms with Crippen LogP contribution in [0.25, 0.3) is 0 Å². The van der Waals surface area contributed by atoms with Crippen LogP contribution in [0.5, 0.6) is 5.75 Å². The molecule has 0 unspecified atom stereocenters. The van der Waals surface area contributed by atoms with Crippen LogP contribution in [0.2, 0.25) is 5.02 Å². The van der Waals surface area contributed by atoms with Gasteiger partial charge in [0.25, 0.3) is 5.91 Å². The van der Waals surface area contributed by atoms with Gasteiger partial charge in [-0.3, -0.25) is 4.79 Å². The van der Waals surface area contributed by atoms with E-state index >= 15 is 0 Å². The van der Waals surface area contributed by atoms with Crippen molar-refractivity contribution in [2.45, 2.75) is 6.42 Å². The number of ether oxygens (including phenoxy) is 1. The summed E-state index contributed by atoms with van der Waals surface area (Å²) in [5.41, 5.74) is 2.04. The lowest BCUT2D eigenvalue weighted by molar-refractivity contribution is 0.100.